The van der Waals surface area contributed by atoms with Crippen LogP contribution in [0, 0.1) is 0 Å². The van der Waals surface area contributed by atoms with Gasteiger partial charge >= 0.3 is 6.18 Å². The standard InChI is InChI=1S/C19H17F3N4OS/c20-19(21,22)15-7-8-16-23-24-18(26(16)11-15)28-12-13-3-5-14(6-4-13)17(27)25-9-1-2-10-25/h3-8,11H,1-2,9-10,12H2. The summed E-state index contributed by atoms with van der Waals surface area (Å²) in [7, 11) is 0. The summed E-state index contributed by atoms with van der Waals surface area (Å²) in [5.41, 5.74) is 1.22. The summed E-state index contributed by atoms with van der Waals surface area (Å²) < 4.78 is 40.1. The highest BCUT2D eigenvalue weighted by Gasteiger charge is 2.31. The molecule has 146 valence electrons. The molecule has 9 heteroatoms. The Morgan fingerprint density at radius 1 is 1.04 bits per heavy atom. The number of hydrogen-bond acceptors (Lipinski definition) is 4. The van der Waals surface area contributed by atoms with Crippen LogP contribution in [0.4, 0.5) is 13.2 Å². The third kappa shape index (κ3) is 3.84. The van der Waals surface area contributed by atoms with Gasteiger partial charge in [0, 0.05) is 30.6 Å². The first-order valence-corrected chi connectivity index (χ1v) is 9.83. The van der Waals surface area contributed by atoms with E-state index in [0.29, 0.717) is 22.1 Å². The summed E-state index contributed by atoms with van der Waals surface area (Å²) in [5.74, 6) is 0.551. The van der Waals surface area contributed by atoms with Gasteiger partial charge in [0.15, 0.2) is 10.8 Å². The Bertz CT molecular complexity index is 995. The van der Waals surface area contributed by atoms with Gasteiger partial charge in [-0.2, -0.15) is 13.2 Å². The largest absolute Gasteiger partial charge is 0.417 e. The molecule has 3 heterocycles. The number of carbonyl (C=O) groups excluding carboxylic acids is 1. The van der Waals surface area contributed by atoms with Gasteiger partial charge in [-0.05, 0) is 42.7 Å². The predicted molar refractivity (Wildman–Crippen MR) is 99.1 cm³/mol. The van der Waals surface area contributed by atoms with Crippen LogP contribution in [0.15, 0.2) is 47.8 Å². The van der Waals surface area contributed by atoms with E-state index in [1.54, 1.807) is 12.1 Å². The highest BCUT2D eigenvalue weighted by molar-refractivity contribution is 7.98. The SMILES string of the molecule is O=C(c1ccc(CSc2nnc3ccc(C(F)(F)F)cn23)cc1)N1CCCC1. The second-order valence-electron chi connectivity index (χ2n) is 6.61. The molecule has 1 saturated heterocycles. The van der Waals surface area contributed by atoms with Gasteiger partial charge < -0.3 is 4.90 Å². The number of thioether (sulfide) groups is 1. The maximum absolute atomic E-state index is 12.9. The predicted octanol–water partition coefficient (Wildman–Crippen LogP) is 4.28. The van der Waals surface area contributed by atoms with Gasteiger partial charge in [-0.3, -0.25) is 9.20 Å². The lowest BCUT2D eigenvalue weighted by Crippen LogP contribution is -2.27. The van der Waals surface area contributed by atoms with Gasteiger partial charge in [0.2, 0.25) is 0 Å². The molecule has 0 spiro atoms. The van der Waals surface area contributed by atoms with Gasteiger partial charge in [-0.1, -0.05) is 23.9 Å². The lowest BCUT2D eigenvalue weighted by atomic mass is 10.1. The smallest absolute Gasteiger partial charge is 0.339 e. The molecular weight excluding hydrogens is 389 g/mol. The highest BCUT2D eigenvalue weighted by atomic mass is 32.2. The number of nitrogens with zero attached hydrogens (tertiary/aromatic N) is 4. The molecule has 1 aliphatic rings. The number of halogens is 3. The first-order chi connectivity index (χ1) is 13.4. The van der Waals surface area contributed by atoms with Crippen molar-refractivity contribution in [1.82, 2.24) is 19.5 Å². The first kappa shape index (κ1) is 18.8. The van der Waals surface area contributed by atoms with E-state index in [1.807, 2.05) is 17.0 Å². The Kier molecular flexibility index (Phi) is 5.01. The summed E-state index contributed by atoms with van der Waals surface area (Å²) >= 11 is 1.30. The number of likely N-dealkylation sites (tertiary alicyclic amines) is 1. The average Bonchev–Trinajstić information content (AvgIpc) is 3.35. The van der Waals surface area contributed by atoms with Crippen LogP contribution in [0.2, 0.25) is 0 Å². The molecule has 0 aliphatic carbocycles. The Morgan fingerprint density at radius 2 is 1.75 bits per heavy atom. The molecule has 5 nitrogen and oxygen atoms in total. The van der Waals surface area contributed by atoms with Crippen molar-refractivity contribution in [3.05, 3.63) is 59.3 Å². The topological polar surface area (TPSA) is 50.5 Å². The van der Waals surface area contributed by atoms with Gasteiger partial charge in [0.1, 0.15) is 0 Å². The average molecular weight is 406 g/mol. The molecule has 0 unspecified atom stereocenters. The fourth-order valence-corrected chi connectivity index (χ4v) is 4.00. The summed E-state index contributed by atoms with van der Waals surface area (Å²) in [4.78, 5) is 14.2. The van der Waals surface area contributed by atoms with E-state index >= 15 is 0 Å². The molecule has 0 radical (unpaired) electrons. The van der Waals surface area contributed by atoms with Gasteiger partial charge in [0.25, 0.3) is 5.91 Å². The van der Waals surface area contributed by atoms with Crippen molar-refractivity contribution in [2.45, 2.75) is 29.9 Å². The Labute approximate surface area is 163 Å². The van der Waals surface area contributed by atoms with Crippen LogP contribution in [-0.4, -0.2) is 38.5 Å². The van der Waals surface area contributed by atoms with Crippen molar-refractivity contribution in [3.8, 4) is 0 Å². The van der Waals surface area contributed by atoms with Crippen LogP contribution in [0.5, 0.6) is 0 Å². The molecule has 0 saturated carbocycles. The Morgan fingerprint density at radius 3 is 2.43 bits per heavy atom. The minimum atomic E-state index is -4.42. The molecule has 1 amide bonds. The molecule has 1 fully saturated rings. The van der Waals surface area contributed by atoms with E-state index in [-0.39, 0.29) is 5.91 Å². The summed E-state index contributed by atoms with van der Waals surface area (Å²) in [6, 6.07) is 9.61. The van der Waals surface area contributed by atoms with E-state index in [4.69, 9.17) is 0 Å². The molecule has 0 bridgehead atoms. The fourth-order valence-electron chi connectivity index (χ4n) is 3.13. The normalized spacial score (nSPS) is 14.8. The monoisotopic (exact) mass is 406 g/mol. The van der Waals surface area contributed by atoms with Crippen molar-refractivity contribution in [3.63, 3.8) is 0 Å². The lowest BCUT2D eigenvalue weighted by Gasteiger charge is -2.15. The Hall–Kier alpha value is -2.55. The van der Waals surface area contributed by atoms with Crippen LogP contribution in [-0.2, 0) is 11.9 Å². The molecule has 0 atom stereocenters. The van der Waals surface area contributed by atoms with Crippen LogP contribution in [0.25, 0.3) is 5.65 Å². The second-order valence-corrected chi connectivity index (χ2v) is 7.55. The number of rotatable bonds is 4. The van der Waals surface area contributed by atoms with Gasteiger partial charge in [-0.15, -0.1) is 10.2 Å². The number of amides is 1. The number of fused-ring (bicyclic) bond motifs is 1. The Balaban J connectivity index is 1.46. The molecular formula is C19H17F3N4OS. The first-order valence-electron chi connectivity index (χ1n) is 8.85. The molecule has 2 aromatic heterocycles. The third-order valence-electron chi connectivity index (χ3n) is 4.66. The number of carbonyl (C=O) groups is 1. The second kappa shape index (κ2) is 7.46. The summed E-state index contributed by atoms with van der Waals surface area (Å²) in [6.07, 6.45) is -1.32. The number of hydrogen-bond donors (Lipinski definition) is 0. The van der Waals surface area contributed by atoms with E-state index in [9.17, 15) is 18.0 Å². The van der Waals surface area contributed by atoms with Crippen LogP contribution in [0.1, 0.15) is 34.3 Å². The lowest BCUT2D eigenvalue weighted by molar-refractivity contribution is -0.137. The van der Waals surface area contributed by atoms with Gasteiger partial charge in [0.05, 0.1) is 5.56 Å². The van der Waals surface area contributed by atoms with Crippen molar-refractivity contribution in [2.24, 2.45) is 0 Å². The minimum Gasteiger partial charge on any atom is -0.339 e. The fraction of sp³-hybridized carbons (Fsp3) is 0.316. The molecule has 3 aromatic rings. The van der Waals surface area contributed by atoms with Crippen LogP contribution >= 0.6 is 11.8 Å². The summed E-state index contributed by atoms with van der Waals surface area (Å²) in [5, 5.41) is 8.28. The number of benzene rings is 1. The van der Waals surface area contributed by atoms with Crippen molar-refractivity contribution in [2.75, 3.05) is 13.1 Å². The quantitative estimate of drug-likeness (QED) is 0.607. The van der Waals surface area contributed by atoms with E-state index < -0.39 is 11.7 Å². The zero-order valence-electron chi connectivity index (χ0n) is 14.8. The number of alkyl halides is 3. The van der Waals surface area contributed by atoms with Crippen LogP contribution < -0.4 is 0 Å². The van der Waals surface area contributed by atoms with E-state index in [0.717, 1.165) is 43.8 Å². The molecule has 28 heavy (non-hydrogen) atoms. The van der Waals surface area contributed by atoms with Crippen LogP contribution in [0.3, 0.4) is 0 Å². The molecule has 0 N–H and O–H groups in total. The van der Waals surface area contributed by atoms with Crippen molar-refractivity contribution in [1.29, 1.82) is 0 Å². The zero-order chi connectivity index (χ0) is 19.7. The number of aromatic nitrogens is 3. The highest BCUT2D eigenvalue weighted by Crippen LogP contribution is 2.30. The molecule has 1 aromatic carbocycles. The zero-order valence-corrected chi connectivity index (χ0v) is 15.6. The van der Waals surface area contributed by atoms with E-state index in [2.05, 4.69) is 10.2 Å². The summed E-state index contributed by atoms with van der Waals surface area (Å²) in [6.45, 7) is 1.60. The molecule has 4 rings (SSSR count). The van der Waals surface area contributed by atoms with E-state index in [1.165, 1.54) is 22.2 Å². The minimum absolute atomic E-state index is 0.0415. The molecule has 1 aliphatic heterocycles. The maximum Gasteiger partial charge on any atom is 0.417 e. The number of pyridine rings is 1. The van der Waals surface area contributed by atoms with Gasteiger partial charge in [-0.25, -0.2) is 0 Å². The maximum atomic E-state index is 12.9. The van der Waals surface area contributed by atoms with Crippen molar-refractivity contribution < 1.29 is 18.0 Å². The third-order valence-corrected chi connectivity index (χ3v) is 5.67. The van der Waals surface area contributed by atoms with Crippen molar-refractivity contribution >= 4 is 23.3 Å².